The number of halogens is 1. The van der Waals surface area contributed by atoms with Crippen LogP contribution >= 0.6 is 22.9 Å². The zero-order valence-electron chi connectivity index (χ0n) is 11.6. The van der Waals surface area contributed by atoms with Crippen LogP contribution in [0.2, 0.25) is 5.02 Å². The van der Waals surface area contributed by atoms with Crippen molar-refractivity contribution < 1.29 is 4.79 Å². The Morgan fingerprint density at radius 1 is 1.29 bits per heavy atom. The number of amides is 1. The van der Waals surface area contributed by atoms with Gasteiger partial charge in [-0.2, -0.15) is 0 Å². The molecule has 0 bridgehead atoms. The van der Waals surface area contributed by atoms with Gasteiger partial charge in [0, 0.05) is 28.2 Å². The number of nitrogens with two attached hydrogens (primary N) is 1. The van der Waals surface area contributed by atoms with Crippen LogP contribution in [0.15, 0.2) is 18.2 Å². The highest BCUT2D eigenvalue weighted by atomic mass is 35.5. The third-order valence-corrected chi connectivity index (χ3v) is 6.29. The Bertz CT molecular complexity index is 714. The number of anilines is 1. The minimum absolute atomic E-state index is 0.0965. The van der Waals surface area contributed by atoms with E-state index in [1.54, 1.807) is 0 Å². The molecule has 21 heavy (non-hydrogen) atoms. The Morgan fingerprint density at radius 3 is 2.71 bits per heavy atom. The highest BCUT2D eigenvalue weighted by molar-refractivity contribution is 7.21. The lowest BCUT2D eigenvalue weighted by Gasteiger charge is -2.16. The molecule has 2 aromatic rings. The molecule has 1 aliphatic heterocycles. The third-order valence-electron chi connectivity index (χ3n) is 4.90. The van der Waals surface area contributed by atoms with Crippen LogP contribution in [0, 0.1) is 11.8 Å². The maximum atomic E-state index is 12.8. The van der Waals surface area contributed by atoms with Crippen molar-refractivity contribution in [3.63, 3.8) is 0 Å². The number of hydrogen-bond acceptors (Lipinski definition) is 3. The van der Waals surface area contributed by atoms with Gasteiger partial charge in [0.25, 0.3) is 5.91 Å². The molecular formula is C16H17ClN2OS. The molecule has 2 aliphatic rings. The van der Waals surface area contributed by atoms with Gasteiger partial charge in [0.1, 0.15) is 4.88 Å². The second-order valence-corrected chi connectivity index (χ2v) is 7.64. The maximum absolute atomic E-state index is 12.8. The van der Waals surface area contributed by atoms with Crippen molar-refractivity contribution in [1.82, 2.24) is 4.90 Å². The first-order chi connectivity index (χ1) is 10.1. The monoisotopic (exact) mass is 320 g/mol. The summed E-state index contributed by atoms with van der Waals surface area (Å²) in [6.45, 7) is 1.80. The molecule has 1 aromatic carbocycles. The van der Waals surface area contributed by atoms with Gasteiger partial charge in [0.2, 0.25) is 0 Å². The lowest BCUT2D eigenvalue weighted by atomic mass is 10.0. The van der Waals surface area contributed by atoms with Crippen LogP contribution in [-0.4, -0.2) is 23.9 Å². The fraction of sp³-hybridized carbons (Fsp3) is 0.438. The van der Waals surface area contributed by atoms with E-state index in [-0.39, 0.29) is 5.91 Å². The SMILES string of the molecule is Nc1c(C(=O)N2CC3CCCC3C2)sc2cc(Cl)ccc12. The van der Waals surface area contributed by atoms with E-state index in [1.807, 2.05) is 23.1 Å². The maximum Gasteiger partial charge on any atom is 0.266 e. The van der Waals surface area contributed by atoms with Gasteiger partial charge in [-0.05, 0) is 42.9 Å². The van der Waals surface area contributed by atoms with E-state index < -0.39 is 0 Å². The number of thiophene rings is 1. The van der Waals surface area contributed by atoms with Gasteiger partial charge in [0.05, 0.1) is 5.69 Å². The summed E-state index contributed by atoms with van der Waals surface area (Å²) < 4.78 is 0.989. The second-order valence-electron chi connectivity index (χ2n) is 6.15. The smallest absolute Gasteiger partial charge is 0.266 e. The lowest BCUT2D eigenvalue weighted by Crippen LogP contribution is -2.29. The van der Waals surface area contributed by atoms with E-state index in [1.165, 1.54) is 30.6 Å². The molecule has 1 aliphatic carbocycles. The molecule has 4 rings (SSSR count). The van der Waals surface area contributed by atoms with E-state index in [2.05, 4.69) is 0 Å². The largest absolute Gasteiger partial charge is 0.397 e. The molecule has 110 valence electrons. The molecule has 2 N–H and O–H groups in total. The molecule has 1 amide bonds. The van der Waals surface area contributed by atoms with E-state index in [0.29, 0.717) is 27.4 Å². The summed E-state index contributed by atoms with van der Waals surface area (Å²) in [6.07, 6.45) is 3.86. The summed E-state index contributed by atoms with van der Waals surface area (Å²) in [6, 6.07) is 5.61. The Labute approximate surface area is 132 Å². The van der Waals surface area contributed by atoms with Crippen LogP contribution in [0.5, 0.6) is 0 Å². The normalized spacial score (nSPS) is 24.7. The van der Waals surface area contributed by atoms with E-state index in [4.69, 9.17) is 17.3 Å². The van der Waals surface area contributed by atoms with Crippen LogP contribution in [0.25, 0.3) is 10.1 Å². The minimum atomic E-state index is 0.0965. The van der Waals surface area contributed by atoms with Gasteiger partial charge in [-0.3, -0.25) is 4.79 Å². The first-order valence-corrected chi connectivity index (χ1v) is 8.59. The minimum Gasteiger partial charge on any atom is -0.397 e. The third kappa shape index (κ3) is 2.12. The van der Waals surface area contributed by atoms with Gasteiger partial charge in [-0.15, -0.1) is 11.3 Å². The Kier molecular flexibility index (Phi) is 3.12. The molecule has 2 atom stereocenters. The second kappa shape index (κ2) is 4.89. The number of carbonyl (C=O) groups excluding carboxylic acids is 1. The highest BCUT2D eigenvalue weighted by Crippen LogP contribution is 2.40. The molecular weight excluding hydrogens is 304 g/mol. The number of hydrogen-bond donors (Lipinski definition) is 1. The molecule has 3 nitrogen and oxygen atoms in total. The van der Waals surface area contributed by atoms with Crippen molar-refractivity contribution in [3.8, 4) is 0 Å². The van der Waals surface area contributed by atoms with Crippen molar-refractivity contribution in [1.29, 1.82) is 0 Å². The first-order valence-electron chi connectivity index (χ1n) is 7.40. The van der Waals surface area contributed by atoms with Gasteiger partial charge >= 0.3 is 0 Å². The number of likely N-dealkylation sites (tertiary alicyclic amines) is 1. The van der Waals surface area contributed by atoms with Gasteiger partial charge < -0.3 is 10.6 Å². The summed E-state index contributed by atoms with van der Waals surface area (Å²) in [5, 5.41) is 1.62. The molecule has 0 spiro atoms. The molecule has 5 heteroatoms. The van der Waals surface area contributed by atoms with Gasteiger partial charge in [0.15, 0.2) is 0 Å². The zero-order chi connectivity index (χ0) is 14.6. The molecule has 0 radical (unpaired) electrons. The fourth-order valence-electron chi connectivity index (χ4n) is 3.79. The lowest BCUT2D eigenvalue weighted by molar-refractivity contribution is 0.0786. The van der Waals surface area contributed by atoms with E-state index >= 15 is 0 Å². The summed E-state index contributed by atoms with van der Waals surface area (Å²) in [5.74, 6) is 1.51. The number of benzene rings is 1. The quantitative estimate of drug-likeness (QED) is 0.863. The Morgan fingerprint density at radius 2 is 2.00 bits per heavy atom. The van der Waals surface area contributed by atoms with Crippen molar-refractivity contribution in [2.45, 2.75) is 19.3 Å². The number of rotatable bonds is 1. The summed E-state index contributed by atoms with van der Waals surface area (Å²) in [7, 11) is 0. The topological polar surface area (TPSA) is 46.3 Å². The summed E-state index contributed by atoms with van der Waals surface area (Å²) >= 11 is 7.48. The molecule has 1 aromatic heterocycles. The van der Waals surface area contributed by atoms with Crippen LogP contribution < -0.4 is 5.73 Å². The molecule has 1 saturated carbocycles. The highest BCUT2D eigenvalue weighted by Gasteiger charge is 2.39. The van der Waals surface area contributed by atoms with Gasteiger partial charge in [-0.1, -0.05) is 18.0 Å². The number of nitrogens with zero attached hydrogens (tertiary/aromatic N) is 1. The van der Waals surface area contributed by atoms with Crippen molar-refractivity contribution in [3.05, 3.63) is 28.1 Å². The average Bonchev–Trinajstić information content (AvgIpc) is 3.11. The fourth-order valence-corrected chi connectivity index (χ4v) is 5.16. The zero-order valence-corrected chi connectivity index (χ0v) is 13.2. The van der Waals surface area contributed by atoms with Crippen molar-refractivity contribution in [2.24, 2.45) is 11.8 Å². The first kappa shape index (κ1) is 13.4. The van der Waals surface area contributed by atoms with Crippen molar-refractivity contribution >= 4 is 44.6 Å². The number of carbonyl (C=O) groups is 1. The van der Waals surface area contributed by atoms with Crippen LogP contribution in [0.3, 0.4) is 0 Å². The van der Waals surface area contributed by atoms with E-state index in [0.717, 1.165) is 23.2 Å². The van der Waals surface area contributed by atoms with Crippen LogP contribution in [-0.2, 0) is 0 Å². The van der Waals surface area contributed by atoms with Crippen LogP contribution in [0.1, 0.15) is 28.9 Å². The number of nitrogen functional groups attached to an aromatic ring is 1. The average molecular weight is 321 g/mol. The molecule has 2 fully saturated rings. The predicted octanol–water partition coefficient (Wildman–Crippen LogP) is 4.01. The number of fused-ring (bicyclic) bond motifs is 2. The van der Waals surface area contributed by atoms with E-state index in [9.17, 15) is 4.79 Å². The Hall–Kier alpha value is -1.26. The van der Waals surface area contributed by atoms with Gasteiger partial charge in [-0.25, -0.2) is 0 Å². The summed E-state index contributed by atoms with van der Waals surface area (Å²) in [4.78, 5) is 15.4. The van der Waals surface area contributed by atoms with Crippen molar-refractivity contribution in [2.75, 3.05) is 18.8 Å². The Balaban J connectivity index is 1.67. The summed E-state index contributed by atoms with van der Waals surface area (Å²) in [5.41, 5.74) is 6.80. The standard InChI is InChI=1S/C16H17ClN2OS/c17-11-4-5-12-13(6-11)21-15(14(12)18)16(20)19-7-9-2-1-3-10(9)8-19/h4-6,9-10H,1-3,7-8,18H2. The predicted molar refractivity (Wildman–Crippen MR) is 88.0 cm³/mol. The van der Waals surface area contributed by atoms with Crippen LogP contribution in [0.4, 0.5) is 5.69 Å². The molecule has 2 unspecified atom stereocenters. The molecule has 1 saturated heterocycles. The molecule has 2 heterocycles.